The minimum Gasteiger partial charge on any atom is -0.450 e. The van der Waals surface area contributed by atoms with Crippen molar-refractivity contribution >= 4 is 47.4 Å². The van der Waals surface area contributed by atoms with Crippen LogP contribution in [-0.4, -0.2) is 23.0 Å². The number of nitrogens with zero attached hydrogens (tertiary/aromatic N) is 3. The molecule has 23 heavy (non-hydrogen) atoms. The Morgan fingerprint density at radius 1 is 1.17 bits per heavy atom. The van der Waals surface area contributed by atoms with Crippen molar-refractivity contribution in [3.63, 3.8) is 0 Å². The number of oxazole rings is 1. The molecule has 0 fully saturated rings. The molecule has 0 bridgehead atoms. The summed E-state index contributed by atoms with van der Waals surface area (Å²) in [6.45, 7) is 6.76. The highest BCUT2D eigenvalue weighted by Crippen LogP contribution is 2.31. The van der Waals surface area contributed by atoms with Crippen LogP contribution in [0.1, 0.15) is 5.89 Å². The lowest BCUT2D eigenvalue weighted by molar-refractivity contribution is 0.542. The van der Waals surface area contributed by atoms with Crippen molar-refractivity contribution in [2.75, 3.05) is 5.32 Å². The summed E-state index contributed by atoms with van der Waals surface area (Å²) < 4.78 is 7.00. The van der Waals surface area contributed by atoms with E-state index in [1.807, 2.05) is 24.5 Å². The van der Waals surface area contributed by atoms with Gasteiger partial charge in [0.1, 0.15) is 13.5 Å². The largest absolute Gasteiger partial charge is 0.450 e. The summed E-state index contributed by atoms with van der Waals surface area (Å²) in [6, 6.07) is 3.83. The predicted molar refractivity (Wildman–Crippen MR) is 98.7 cm³/mol. The van der Waals surface area contributed by atoms with E-state index in [2.05, 4.69) is 39.9 Å². The lowest BCUT2D eigenvalue weighted by atomic mass is 10.4. The van der Waals surface area contributed by atoms with Crippen LogP contribution in [0.5, 0.6) is 0 Å². The molecular weight excluding hydrogens is 344 g/mol. The number of hydrogen-bond acceptors (Lipinski definition) is 7. The van der Waals surface area contributed by atoms with E-state index in [9.17, 15) is 0 Å². The first-order chi connectivity index (χ1) is 11.0. The second-order valence-corrected chi connectivity index (χ2v) is 13.3. The Morgan fingerprint density at radius 2 is 1.96 bits per heavy atom. The van der Waals surface area contributed by atoms with Crippen LogP contribution < -0.4 is 10.7 Å². The fraction of sp³-hybridized carbons (Fsp3) is 0.267. The van der Waals surface area contributed by atoms with Gasteiger partial charge in [0.05, 0.1) is 22.4 Å². The summed E-state index contributed by atoms with van der Waals surface area (Å²) in [4.78, 5) is 12.8. The van der Waals surface area contributed by atoms with Gasteiger partial charge < -0.3 is 9.73 Å². The van der Waals surface area contributed by atoms with Crippen LogP contribution in [0.15, 0.2) is 45.5 Å². The van der Waals surface area contributed by atoms with E-state index in [1.165, 1.54) is 0 Å². The SMILES string of the molecule is C[Si](C)(C)c1cnc(CSc2cnc(Nc3ccncc3)s2)o1. The molecule has 3 aromatic rings. The number of hydrogen-bond donors (Lipinski definition) is 1. The average Bonchev–Trinajstić information content (AvgIpc) is 3.15. The molecule has 3 aromatic heterocycles. The van der Waals surface area contributed by atoms with Crippen LogP contribution in [-0.2, 0) is 5.75 Å². The molecule has 1 N–H and O–H groups in total. The number of nitrogens with one attached hydrogen (secondary N) is 1. The van der Waals surface area contributed by atoms with Gasteiger partial charge in [0.25, 0.3) is 0 Å². The van der Waals surface area contributed by atoms with Crippen molar-refractivity contribution in [3.05, 3.63) is 42.8 Å². The van der Waals surface area contributed by atoms with Gasteiger partial charge >= 0.3 is 0 Å². The molecule has 0 aliphatic rings. The Bertz CT molecular complexity index is 767. The number of thiazole rings is 1. The van der Waals surface area contributed by atoms with Crippen molar-refractivity contribution in [1.82, 2.24) is 15.0 Å². The molecule has 0 amide bonds. The van der Waals surface area contributed by atoms with Gasteiger partial charge in [0.15, 0.2) is 5.13 Å². The summed E-state index contributed by atoms with van der Waals surface area (Å²) in [5.41, 5.74) is 0.985. The van der Waals surface area contributed by atoms with Gasteiger partial charge in [-0.3, -0.25) is 4.98 Å². The van der Waals surface area contributed by atoms with Crippen molar-refractivity contribution in [2.45, 2.75) is 29.6 Å². The fourth-order valence-electron chi connectivity index (χ4n) is 1.80. The van der Waals surface area contributed by atoms with Crippen LogP contribution in [0.3, 0.4) is 0 Å². The zero-order valence-corrected chi connectivity index (χ0v) is 15.9. The molecule has 0 unspecified atom stereocenters. The maximum absolute atomic E-state index is 5.86. The first kappa shape index (κ1) is 16.2. The minimum atomic E-state index is -1.42. The molecule has 0 saturated heterocycles. The first-order valence-electron chi connectivity index (χ1n) is 7.21. The molecule has 120 valence electrons. The van der Waals surface area contributed by atoms with Gasteiger partial charge in [0, 0.05) is 18.1 Å². The summed E-state index contributed by atoms with van der Waals surface area (Å²) in [5.74, 6) is 1.51. The van der Waals surface area contributed by atoms with Gasteiger partial charge in [-0.05, 0) is 12.1 Å². The molecule has 3 heterocycles. The predicted octanol–water partition coefficient (Wildman–Crippen LogP) is 4.11. The number of thioether (sulfide) groups is 1. The smallest absolute Gasteiger partial charge is 0.204 e. The van der Waals surface area contributed by atoms with E-state index in [-0.39, 0.29) is 0 Å². The van der Waals surface area contributed by atoms with Crippen molar-refractivity contribution < 1.29 is 4.42 Å². The Kier molecular flexibility index (Phi) is 4.84. The van der Waals surface area contributed by atoms with Gasteiger partial charge in [-0.15, -0.1) is 11.8 Å². The maximum Gasteiger partial charge on any atom is 0.204 e. The topological polar surface area (TPSA) is 63.8 Å². The molecule has 0 radical (unpaired) electrons. The van der Waals surface area contributed by atoms with Crippen molar-refractivity contribution in [2.24, 2.45) is 0 Å². The highest BCUT2D eigenvalue weighted by atomic mass is 32.2. The van der Waals surface area contributed by atoms with E-state index >= 15 is 0 Å². The highest BCUT2D eigenvalue weighted by molar-refractivity contribution is 8.00. The third-order valence-corrected chi connectivity index (χ3v) is 6.85. The molecular formula is C15H18N4OS2Si. The normalized spacial score (nSPS) is 11.6. The lowest BCUT2D eigenvalue weighted by Crippen LogP contribution is -2.36. The zero-order chi connectivity index (χ0) is 16.3. The van der Waals surface area contributed by atoms with E-state index in [4.69, 9.17) is 4.42 Å². The lowest BCUT2D eigenvalue weighted by Gasteiger charge is -2.09. The molecule has 0 aliphatic carbocycles. The summed E-state index contributed by atoms with van der Waals surface area (Å²) in [7, 11) is -1.42. The van der Waals surface area contributed by atoms with Gasteiger partial charge in [0.2, 0.25) is 5.89 Å². The molecule has 3 rings (SSSR count). The monoisotopic (exact) mass is 362 g/mol. The number of rotatable bonds is 6. The average molecular weight is 363 g/mol. The molecule has 0 spiro atoms. The van der Waals surface area contributed by atoms with Crippen molar-refractivity contribution in [1.29, 1.82) is 0 Å². The Morgan fingerprint density at radius 3 is 2.65 bits per heavy atom. The molecule has 8 heteroatoms. The first-order valence-corrected chi connectivity index (χ1v) is 12.5. The molecule has 0 saturated carbocycles. The Hall–Kier alpha value is -1.64. The maximum atomic E-state index is 5.86. The van der Waals surface area contributed by atoms with E-state index in [0.717, 1.165) is 32.1 Å². The molecule has 0 aliphatic heterocycles. The van der Waals surface area contributed by atoms with Gasteiger partial charge in [-0.2, -0.15) is 0 Å². The second kappa shape index (κ2) is 6.86. The van der Waals surface area contributed by atoms with Gasteiger partial charge in [-0.25, -0.2) is 9.97 Å². The number of pyridine rings is 1. The van der Waals surface area contributed by atoms with E-state index in [0.29, 0.717) is 0 Å². The summed E-state index contributed by atoms with van der Waals surface area (Å²) in [6.07, 6.45) is 7.26. The number of aromatic nitrogens is 3. The van der Waals surface area contributed by atoms with Crippen LogP contribution in [0.4, 0.5) is 10.8 Å². The van der Waals surface area contributed by atoms with Crippen LogP contribution in [0, 0.1) is 0 Å². The second-order valence-electron chi connectivity index (χ2n) is 6.00. The highest BCUT2D eigenvalue weighted by Gasteiger charge is 2.21. The van der Waals surface area contributed by atoms with Crippen LogP contribution in [0.25, 0.3) is 0 Å². The Balaban J connectivity index is 1.58. The Labute approximate surface area is 144 Å². The van der Waals surface area contributed by atoms with E-state index < -0.39 is 8.07 Å². The summed E-state index contributed by atoms with van der Waals surface area (Å²) in [5, 5.41) is 5.19. The third-order valence-electron chi connectivity index (χ3n) is 3.05. The quantitative estimate of drug-likeness (QED) is 0.526. The molecule has 0 atom stereocenters. The summed E-state index contributed by atoms with van der Waals surface area (Å²) >= 11 is 3.31. The van der Waals surface area contributed by atoms with Gasteiger partial charge in [-0.1, -0.05) is 31.0 Å². The van der Waals surface area contributed by atoms with Crippen molar-refractivity contribution in [3.8, 4) is 0 Å². The van der Waals surface area contributed by atoms with Crippen LogP contribution >= 0.6 is 23.1 Å². The number of anilines is 2. The standard InChI is InChI=1S/C15H18N4OS2Si/c1-23(2,3)13-8-17-12(20-13)10-21-14-9-18-15(22-14)19-11-4-6-16-7-5-11/h4-9H,10H2,1-3H3,(H,16,18,19). The van der Waals surface area contributed by atoms with Crippen LogP contribution in [0.2, 0.25) is 19.6 Å². The van der Waals surface area contributed by atoms with E-state index in [1.54, 1.807) is 35.5 Å². The zero-order valence-electron chi connectivity index (χ0n) is 13.2. The molecule has 0 aromatic carbocycles. The minimum absolute atomic E-state index is 0.724. The third kappa shape index (κ3) is 4.43. The molecule has 5 nitrogen and oxygen atoms in total. The fourth-order valence-corrected chi connectivity index (χ4v) is 4.42.